The van der Waals surface area contributed by atoms with Crippen molar-refractivity contribution in [3.05, 3.63) is 123 Å². The van der Waals surface area contributed by atoms with Crippen molar-refractivity contribution in [3.8, 4) is 11.1 Å². The lowest BCUT2D eigenvalue weighted by atomic mass is 9.86. The largest absolute Gasteiger partial charge is 0.368 e. The predicted octanol–water partition coefficient (Wildman–Crippen LogP) is 6.77. The SMILES string of the molecule is CC(=O)c1ccc2c(c1)C(CC(=O)NCCc1ccc(C3=NCCN3)cc1)N(S(=O)(=O)Cc1ccc(Cl)c(Cl)c1)c1ccccc1-2.Cl. The molecule has 8 nitrogen and oxygen atoms in total. The average molecular weight is 712 g/mol. The topological polar surface area (TPSA) is 108 Å². The lowest BCUT2D eigenvalue weighted by molar-refractivity contribution is -0.121. The minimum Gasteiger partial charge on any atom is -0.368 e. The number of fused-ring (bicyclic) bond motifs is 3. The first-order valence-corrected chi connectivity index (χ1v) is 17.3. The van der Waals surface area contributed by atoms with Gasteiger partial charge in [0.05, 0.1) is 40.5 Å². The van der Waals surface area contributed by atoms with E-state index in [9.17, 15) is 18.0 Å². The zero-order valence-electron chi connectivity index (χ0n) is 25.5. The number of amides is 1. The van der Waals surface area contributed by atoms with Gasteiger partial charge in [-0.3, -0.25) is 18.9 Å². The van der Waals surface area contributed by atoms with Gasteiger partial charge in [-0.25, -0.2) is 8.42 Å². The van der Waals surface area contributed by atoms with Gasteiger partial charge in [-0.1, -0.05) is 83.9 Å². The molecular formula is C35H33Cl3N4O4S. The molecule has 0 radical (unpaired) electrons. The van der Waals surface area contributed by atoms with Crippen LogP contribution >= 0.6 is 35.6 Å². The smallest absolute Gasteiger partial charge is 0.239 e. The number of Topliss-reactive ketones (excluding diaryl/α,β-unsaturated/α-hetero) is 1. The summed E-state index contributed by atoms with van der Waals surface area (Å²) in [5, 5.41) is 6.81. The normalized spacial score (nSPS) is 15.1. The van der Waals surface area contributed by atoms with Crippen LogP contribution in [0, 0.1) is 0 Å². The number of hydrogen-bond donors (Lipinski definition) is 2. The molecule has 12 heteroatoms. The number of aliphatic imine (C=N–C) groups is 1. The zero-order valence-corrected chi connectivity index (χ0v) is 28.6. The maximum atomic E-state index is 14.3. The highest BCUT2D eigenvalue weighted by atomic mass is 35.5. The Balaban J connectivity index is 0.00000433. The van der Waals surface area contributed by atoms with Crippen LogP contribution in [0.25, 0.3) is 11.1 Å². The third kappa shape index (κ3) is 7.49. The van der Waals surface area contributed by atoms with Gasteiger partial charge in [0, 0.05) is 29.8 Å². The van der Waals surface area contributed by atoms with E-state index in [-0.39, 0.29) is 41.3 Å². The van der Waals surface area contributed by atoms with Gasteiger partial charge >= 0.3 is 0 Å². The van der Waals surface area contributed by atoms with E-state index < -0.39 is 16.1 Å². The van der Waals surface area contributed by atoms with Gasteiger partial charge in [-0.05, 0) is 59.9 Å². The Bertz CT molecular complexity index is 1970. The molecule has 6 rings (SSSR count). The van der Waals surface area contributed by atoms with E-state index in [1.807, 2.05) is 42.5 Å². The Morgan fingerprint density at radius 2 is 1.68 bits per heavy atom. The number of para-hydroxylation sites is 1. The average Bonchev–Trinajstić information content (AvgIpc) is 3.58. The van der Waals surface area contributed by atoms with Crippen LogP contribution in [0.2, 0.25) is 10.0 Å². The molecule has 0 aromatic heterocycles. The van der Waals surface area contributed by atoms with Crippen molar-refractivity contribution in [1.29, 1.82) is 0 Å². The van der Waals surface area contributed by atoms with Crippen molar-refractivity contribution in [1.82, 2.24) is 10.6 Å². The third-order valence-electron chi connectivity index (χ3n) is 8.18. The second-order valence-corrected chi connectivity index (χ2v) is 14.0. The van der Waals surface area contributed by atoms with Gasteiger partial charge in [0.2, 0.25) is 15.9 Å². The first-order valence-electron chi connectivity index (χ1n) is 15.0. The van der Waals surface area contributed by atoms with Crippen LogP contribution in [-0.2, 0) is 27.0 Å². The van der Waals surface area contributed by atoms with Crippen molar-refractivity contribution >= 4 is 68.8 Å². The number of nitrogens with zero attached hydrogens (tertiary/aromatic N) is 2. The lowest BCUT2D eigenvalue weighted by Gasteiger charge is -2.39. The van der Waals surface area contributed by atoms with Gasteiger partial charge in [0.15, 0.2) is 5.78 Å². The summed E-state index contributed by atoms with van der Waals surface area (Å²) in [5.74, 6) is 0.0628. The molecule has 244 valence electrons. The number of carbonyl (C=O) groups is 2. The molecular weight excluding hydrogens is 679 g/mol. The second kappa shape index (κ2) is 14.5. The summed E-state index contributed by atoms with van der Waals surface area (Å²) in [6, 6.07) is 24.3. The van der Waals surface area contributed by atoms with E-state index in [4.69, 9.17) is 23.2 Å². The Labute approximate surface area is 290 Å². The number of ketones is 1. The molecule has 1 unspecified atom stereocenters. The zero-order chi connectivity index (χ0) is 32.4. The minimum absolute atomic E-state index is 0. The molecule has 1 amide bonds. The van der Waals surface area contributed by atoms with Crippen molar-refractivity contribution in [2.45, 2.75) is 31.6 Å². The standard InChI is InChI=1S/C35H32Cl2N4O4S.ClH/c1-22(42)26-11-12-27-28-4-2-3-5-32(28)41(46(44,45)21-24-8-13-30(36)31(37)18-24)33(29(27)19-26)20-34(43)38-15-14-23-6-9-25(10-7-23)35-39-16-17-40-35;/h2-13,18-19,33H,14-17,20-21H2,1H3,(H,38,43)(H,39,40);1H. The van der Waals surface area contributed by atoms with Crippen LogP contribution in [0.4, 0.5) is 5.69 Å². The molecule has 2 heterocycles. The highest BCUT2D eigenvalue weighted by molar-refractivity contribution is 7.92. The summed E-state index contributed by atoms with van der Waals surface area (Å²) in [4.78, 5) is 30.4. The molecule has 0 bridgehead atoms. The van der Waals surface area contributed by atoms with Gasteiger partial charge in [0.25, 0.3) is 0 Å². The van der Waals surface area contributed by atoms with Gasteiger partial charge < -0.3 is 10.6 Å². The molecule has 0 saturated heterocycles. The molecule has 0 saturated carbocycles. The van der Waals surface area contributed by atoms with Crippen LogP contribution in [0.3, 0.4) is 0 Å². The number of amidine groups is 1. The van der Waals surface area contributed by atoms with Crippen LogP contribution in [-0.4, -0.2) is 45.6 Å². The van der Waals surface area contributed by atoms with E-state index in [2.05, 4.69) is 15.6 Å². The van der Waals surface area contributed by atoms with Crippen LogP contribution in [0.5, 0.6) is 0 Å². The van der Waals surface area contributed by atoms with Crippen molar-refractivity contribution in [2.24, 2.45) is 4.99 Å². The van der Waals surface area contributed by atoms with E-state index in [0.29, 0.717) is 45.9 Å². The maximum Gasteiger partial charge on any atom is 0.239 e. The highest BCUT2D eigenvalue weighted by Gasteiger charge is 2.39. The fraction of sp³-hybridized carbons (Fsp3) is 0.229. The number of hydrogen-bond acceptors (Lipinski definition) is 6. The third-order valence-corrected chi connectivity index (χ3v) is 10.7. The first-order chi connectivity index (χ1) is 22.1. The molecule has 1 atom stereocenters. The molecule has 0 spiro atoms. The fourth-order valence-corrected chi connectivity index (χ4v) is 8.05. The summed E-state index contributed by atoms with van der Waals surface area (Å²) in [5.41, 5.74) is 5.51. The van der Waals surface area contributed by atoms with Gasteiger partial charge in [-0.15, -0.1) is 12.4 Å². The molecule has 0 aliphatic carbocycles. The number of nitrogens with one attached hydrogen (secondary N) is 2. The van der Waals surface area contributed by atoms with Crippen molar-refractivity contribution < 1.29 is 18.0 Å². The van der Waals surface area contributed by atoms with E-state index in [1.54, 1.807) is 36.4 Å². The summed E-state index contributed by atoms with van der Waals surface area (Å²) in [6.45, 7) is 3.44. The molecule has 4 aromatic rings. The van der Waals surface area contributed by atoms with Crippen molar-refractivity contribution in [3.63, 3.8) is 0 Å². The Morgan fingerprint density at radius 1 is 0.936 bits per heavy atom. The summed E-state index contributed by atoms with van der Waals surface area (Å²) in [6.07, 6.45) is 0.456. The summed E-state index contributed by atoms with van der Waals surface area (Å²) >= 11 is 12.3. The number of sulfonamides is 1. The molecule has 2 aliphatic heterocycles. The monoisotopic (exact) mass is 710 g/mol. The van der Waals surface area contributed by atoms with E-state index >= 15 is 0 Å². The van der Waals surface area contributed by atoms with Crippen LogP contribution in [0.15, 0.2) is 89.9 Å². The Hall–Kier alpha value is -3.89. The highest BCUT2D eigenvalue weighted by Crippen LogP contribution is 2.48. The lowest BCUT2D eigenvalue weighted by Crippen LogP contribution is -2.41. The van der Waals surface area contributed by atoms with E-state index in [1.165, 1.54) is 17.3 Å². The number of carbonyl (C=O) groups excluding carboxylic acids is 2. The van der Waals surface area contributed by atoms with Gasteiger partial charge in [0.1, 0.15) is 5.84 Å². The summed E-state index contributed by atoms with van der Waals surface area (Å²) in [7, 11) is -4.07. The van der Waals surface area contributed by atoms with E-state index in [0.717, 1.165) is 35.6 Å². The number of benzene rings is 4. The predicted molar refractivity (Wildman–Crippen MR) is 191 cm³/mol. The molecule has 0 fully saturated rings. The van der Waals surface area contributed by atoms with Crippen LogP contribution in [0.1, 0.15) is 52.0 Å². The quantitative estimate of drug-likeness (QED) is 0.177. The first kappa shape index (κ1) is 34.4. The number of anilines is 1. The number of rotatable bonds is 10. The van der Waals surface area contributed by atoms with Crippen LogP contribution < -0.4 is 14.9 Å². The molecule has 2 N–H and O–H groups in total. The Morgan fingerprint density at radius 3 is 2.38 bits per heavy atom. The van der Waals surface area contributed by atoms with Gasteiger partial charge in [-0.2, -0.15) is 0 Å². The minimum atomic E-state index is -4.07. The molecule has 4 aromatic carbocycles. The number of halogens is 3. The molecule has 2 aliphatic rings. The molecule has 47 heavy (non-hydrogen) atoms. The Kier molecular flexibility index (Phi) is 10.6. The fourth-order valence-electron chi connectivity index (χ4n) is 5.95. The summed E-state index contributed by atoms with van der Waals surface area (Å²) < 4.78 is 29.9. The second-order valence-electron chi connectivity index (χ2n) is 11.3. The maximum absolute atomic E-state index is 14.3. The van der Waals surface area contributed by atoms with Crippen molar-refractivity contribution in [2.75, 3.05) is 23.9 Å².